The van der Waals surface area contributed by atoms with Crippen LogP contribution in [0.15, 0.2) is 6.07 Å². The molecule has 1 aromatic rings. The molecule has 0 aliphatic rings. The van der Waals surface area contributed by atoms with E-state index in [-0.39, 0.29) is 6.54 Å². The minimum absolute atomic E-state index is 0.0794. The zero-order chi connectivity index (χ0) is 10.0. The molecule has 0 unspecified atom stereocenters. The van der Waals surface area contributed by atoms with Crippen LogP contribution in [-0.4, -0.2) is 10.1 Å². The van der Waals surface area contributed by atoms with Crippen LogP contribution in [0.2, 0.25) is 0 Å². The Morgan fingerprint density at radius 2 is 2.23 bits per heavy atom. The van der Waals surface area contributed by atoms with Crippen molar-refractivity contribution in [2.24, 2.45) is 5.73 Å². The Morgan fingerprint density at radius 1 is 1.62 bits per heavy atom. The molecule has 0 amide bonds. The maximum Gasteiger partial charge on any atom is 0.284 e. The SMILES string of the molecule is NCc1cc(I)c(O)c(C(F)F)n1. The largest absolute Gasteiger partial charge is 0.505 e. The predicted molar refractivity (Wildman–Crippen MR) is 51.5 cm³/mol. The van der Waals surface area contributed by atoms with Crippen molar-refractivity contribution >= 4 is 22.6 Å². The quantitative estimate of drug-likeness (QED) is 0.819. The van der Waals surface area contributed by atoms with Crippen LogP contribution in [0.3, 0.4) is 0 Å². The molecule has 0 saturated heterocycles. The van der Waals surface area contributed by atoms with Crippen LogP contribution in [0, 0.1) is 3.57 Å². The zero-order valence-corrected chi connectivity index (χ0v) is 8.62. The molecule has 0 aromatic carbocycles. The summed E-state index contributed by atoms with van der Waals surface area (Å²) < 4.78 is 24.9. The number of rotatable bonds is 2. The molecule has 1 heterocycles. The molecule has 0 aliphatic heterocycles. The van der Waals surface area contributed by atoms with Crippen LogP contribution >= 0.6 is 22.6 Å². The average Bonchev–Trinajstić information content (AvgIpc) is 2.09. The van der Waals surface area contributed by atoms with Gasteiger partial charge in [0.2, 0.25) is 0 Å². The molecule has 13 heavy (non-hydrogen) atoms. The van der Waals surface area contributed by atoms with E-state index >= 15 is 0 Å². The smallest absolute Gasteiger partial charge is 0.284 e. The second-order valence-corrected chi connectivity index (χ2v) is 3.50. The second-order valence-electron chi connectivity index (χ2n) is 2.33. The highest BCUT2D eigenvalue weighted by atomic mass is 127. The van der Waals surface area contributed by atoms with Crippen LogP contribution in [0.5, 0.6) is 5.75 Å². The molecule has 0 spiro atoms. The lowest BCUT2D eigenvalue weighted by Crippen LogP contribution is -2.03. The monoisotopic (exact) mass is 300 g/mol. The lowest BCUT2D eigenvalue weighted by molar-refractivity contribution is 0.141. The summed E-state index contributed by atoms with van der Waals surface area (Å²) in [5, 5.41) is 9.20. The Hall–Kier alpha value is -0.500. The van der Waals surface area contributed by atoms with Crippen molar-refractivity contribution in [1.82, 2.24) is 4.98 Å². The molecule has 0 bridgehead atoms. The highest BCUT2D eigenvalue weighted by Gasteiger charge is 2.17. The summed E-state index contributed by atoms with van der Waals surface area (Å²) in [6.07, 6.45) is -2.78. The third kappa shape index (κ3) is 2.25. The lowest BCUT2D eigenvalue weighted by atomic mass is 10.3. The zero-order valence-electron chi connectivity index (χ0n) is 6.47. The maximum absolute atomic E-state index is 12.3. The normalized spacial score (nSPS) is 10.8. The Labute approximate surface area is 87.1 Å². The Morgan fingerprint density at radius 3 is 2.69 bits per heavy atom. The van der Waals surface area contributed by atoms with Crippen LogP contribution < -0.4 is 5.73 Å². The van der Waals surface area contributed by atoms with Gasteiger partial charge in [-0.15, -0.1) is 0 Å². The van der Waals surface area contributed by atoms with E-state index in [2.05, 4.69) is 4.98 Å². The van der Waals surface area contributed by atoms with E-state index in [1.54, 1.807) is 22.6 Å². The summed E-state index contributed by atoms with van der Waals surface area (Å²) in [4.78, 5) is 3.52. The fraction of sp³-hybridized carbons (Fsp3) is 0.286. The van der Waals surface area contributed by atoms with Gasteiger partial charge in [0.1, 0.15) is 5.69 Å². The Kier molecular flexibility index (Phi) is 3.37. The molecule has 3 N–H and O–H groups in total. The fourth-order valence-electron chi connectivity index (χ4n) is 0.834. The van der Waals surface area contributed by atoms with Crippen molar-refractivity contribution in [3.05, 3.63) is 21.0 Å². The Bertz CT molecular complexity index is 320. The first-order valence-corrected chi connectivity index (χ1v) is 4.50. The van der Waals surface area contributed by atoms with Crippen LogP contribution in [0.4, 0.5) is 8.78 Å². The molecule has 0 atom stereocenters. The summed E-state index contributed by atoms with van der Waals surface area (Å²) in [5.74, 6) is -0.465. The topological polar surface area (TPSA) is 59.1 Å². The first-order valence-electron chi connectivity index (χ1n) is 3.42. The molecule has 72 valence electrons. The van der Waals surface area contributed by atoms with Crippen molar-refractivity contribution in [2.45, 2.75) is 13.0 Å². The fourth-order valence-corrected chi connectivity index (χ4v) is 1.47. The first-order chi connectivity index (χ1) is 6.06. The highest BCUT2D eigenvalue weighted by molar-refractivity contribution is 14.1. The van der Waals surface area contributed by atoms with E-state index in [0.29, 0.717) is 9.26 Å². The molecular formula is C7H7F2IN2O. The molecule has 0 radical (unpaired) electrons. The second kappa shape index (κ2) is 4.14. The minimum Gasteiger partial charge on any atom is -0.505 e. The average molecular weight is 300 g/mol. The standard InChI is InChI=1S/C7H7F2IN2O/c8-7(9)5-6(13)4(10)1-3(2-11)12-5/h1,7,13H,2,11H2. The minimum atomic E-state index is -2.78. The molecule has 1 rings (SSSR count). The van der Waals surface area contributed by atoms with Crippen LogP contribution in [0.1, 0.15) is 17.8 Å². The van der Waals surface area contributed by atoms with E-state index < -0.39 is 17.9 Å². The molecule has 6 heteroatoms. The van der Waals surface area contributed by atoms with Gasteiger partial charge in [-0.2, -0.15) is 0 Å². The number of aromatic nitrogens is 1. The van der Waals surface area contributed by atoms with Crippen molar-refractivity contribution in [2.75, 3.05) is 0 Å². The van der Waals surface area contributed by atoms with E-state index in [4.69, 9.17) is 5.73 Å². The number of pyridine rings is 1. The highest BCUT2D eigenvalue weighted by Crippen LogP contribution is 2.30. The van der Waals surface area contributed by atoms with Crippen molar-refractivity contribution in [1.29, 1.82) is 0 Å². The van der Waals surface area contributed by atoms with Crippen LogP contribution in [-0.2, 0) is 6.54 Å². The van der Waals surface area contributed by atoms with E-state index in [9.17, 15) is 13.9 Å². The van der Waals surface area contributed by atoms with Gasteiger partial charge in [0.05, 0.1) is 9.26 Å². The van der Waals surface area contributed by atoms with E-state index in [1.165, 1.54) is 6.07 Å². The van der Waals surface area contributed by atoms with Gasteiger partial charge in [-0.25, -0.2) is 13.8 Å². The summed E-state index contributed by atoms with van der Waals surface area (Å²) >= 11 is 1.75. The van der Waals surface area contributed by atoms with Gasteiger partial charge in [0.25, 0.3) is 6.43 Å². The molecule has 1 aromatic heterocycles. The maximum atomic E-state index is 12.3. The number of hydrogen-bond acceptors (Lipinski definition) is 3. The lowest BCUT2D eigenvalue weighted by Gasteiger charge is -2.06. The van der Waals surface area contributed by atoms with Crippen molar-refractivity contribution in [3.8, 4) is 5.75 Å². The number of nitrogens with two attached hydrogens (primary N) is 1. The van der Waals surface area contributed by atoms with Crippen LogP contribution in [0.25, 0.3) is 0 Å². The number of halogens is 3. The number of aromatic hydroxyl groups is 1. The molecular weight excluding hydrogens is 293 g/mol. The summed E-state index contributed by atoms with van der Waals surface area (Å²) in [6.45, 7) is 0.0794. The third-order valence-corrected chi connectivity index (χ3v) is 2.26. The van der Waals surface area contributed by atoms with Gasteiger partial charge in [-0.1, -0.05) is 0 Å². The number of alkyl halides is 2. The number of nitrogens with zero attached hydrogens (tertiary/aromatic N) is 1. The van der Waals surface area contributed by atoms with Gasteiger partial charge in [0, 0.05) is 6.54 Å². The Balaban J connectivity index is 3.25. The summed E-state index contributed by atoms with van der Waals surface area (Å²) in [7, 11) is 0. The molecule has 0 fully saturated rings. The van der Waals surface area contributed by atoms with Gasteiger partial charge in [0.15, 0.2) is 5.75 Å². The summed E-state index contributed by atoms with van der Waals surface area (Å²) in [5.41, 5.74) is 4.99. The van der Waals surface area contributed by atoms with Gasteiger partial charge in [-0.3, -0.25) is 0 Å². The van der Waals surface area contributed by atoms with Crippen molar-refractivity contribution < 1.29 is 13.9 Å². The third-order valence-electron chi connectivity index (χ3n) is 1.44. The predicted octanol–water partition coefficient (Wildman–Crippen LogP) is 1.79. The molecule has 3 nitrogen and oxygen atoms in total. The summed E-state index contributed by atoms with van der Waals surface area (Å²) in [6, 6.07) is 1.47. The van der Waals surface area contributed by atoms with Crippen molar-refractivity contribution in [3.63, 3.8) is 0 Å². The first kappa shape index (κ1) is 10.6. The van der Waals surface area contributed by atoms with E-state index in [1.807, 2.05) is 0 Å². The van der Waals surface area contributed by atoms with Gasteiger partial charge in [-0.05, 0) is 28.7 Å². The van der Waals surface area contributed by atoms with Gasteiger partial charge >= 0.3 is 0 Å². The number of hydrogen-bond donors (Lipinski definition) is 2. The van der Waals surface area contributed by atoms with Gasteiger partial charge < -0.3 is 10.8 Å². The van der Waals surface area contributed by atoms with E-state index in [0.717, 1.165) is 0 Å². The molecule has 0 saturated carbocycles. The molecule has 0 aliphatic carbocycles.